The maximum absolute atomic E-state index is 13.8. The van der Waals surface area contributed by atoms with E-state index < -0.39 is 0 Å². The summed E-state index contributed by atoms with van der Waals surface area (Å²) in [6.07, 6.45) is 1.40. The van der Waals surface area contributed by atoms with Gasteiger partial charge in [0, 0.05) is 37.4 Å². The zero-order valence-electron chi connectivity index (χ0n) is 10.3. The van der Waals surface area contributed by atoms with Gasteiger partial charge in [-0.2, -0.15) is 0 Å². The van der Waals surface area contributed by atoms with E-state index in [2.05, 4.69) is 4.90 Å². The number of halogens is 1. The molecule has 2 N–H and O–H groups in total. The molecule has 1 heterocycles. The number of hydrogen-bond donors (Lipinski definition) is 1. The van der Waals surface area contributed by atoms with Crippen molar-refractivity contribution in [1.29, 1.82) is 0 Å². The van der Waals surface area contributed by atoms with Crippen LogP contribution in [0.3, 0.4) is 0 Å². The van der Waals surface area contributed by atoms with Crippen LogP contribution in [0.25, 0.3) is 0 Å². The van der Waals surface area contributed by atoms with Crippen LogP contribution < -0.4 is 10.6 Å². The molecule has 0 aliphatic carbocycles. The monoisotopic (exact) mass is 251 g/mol. The van der Waals surface area contributed by atoms with Gasteiger partial charge in [0.2, 0.25) is 6.41 Å². The normalized spacial score (nSPS) is 15.9. The van der Waals surface area contributed by atoms with E-state index in [1.54, 1.807) is 11.0 Å². The molecule has 0 spiro atoms. The number of carbonyl (C=O) groups is 1. The Bertz CT molecular complexity index is 417. The number of piperazine rings is 1. The molecule has 2 rings (SSSR count). The summed E-state index contributed by atoms with van der Waals surface area (Å²) in [6, 6.07) is 5.11. The lowest BCUT2D eigenvalue weighted by atomic mass is 10.1. The summed E-state index contributed by atoms with van der Waals surface area (Å²) in [7, 11) is 0. The van der Waals surface area contributed by atoms with Crippen LogP contribution in [-0.4, -0.2) is 44.0 Å². The molecule has 0 unspecified atom stereocenters. The molecule has 1 aliphatic rings. The molecule has 1 aliphatic heterocycles. The van der Waals surface area contributed by atoms with E-state index in [-0.39, 0.29) is 5.82 Å². The van der Waals surface area contributed by atoms with Gasteiger partial charge in [0.25, 0.3) is 0 Å². The van der Waals surface area contributed by atoms with Crippen LogP contribution in [0, 0.1) is 5.82 Å². The summed E-state index contributed by atoms with van der Waals surface area (Å²) in [5.74, 6) is -0.198. The Labute approximate surface area is 106 Å². The summed E-state index contributed by atoms with van der Waals surface area (Å²) >= 11 is 0. The minimum atomic E-state index is -0.198. The van der Waals surface area contributed by atoms with Gasteiger partial charge in [-0.15, -0.1) is 0 Å². The maximum Gasteiger partial charge on any atom is 0.209 e. The van der Waals surface area contributed by atoms with Crippen LogP contribution in [0.1, 0.15) is 5.56 Å². The van der Waals surface area contributed by atoms with Gasteiger partial charge in [0.05, 0.1) is 0 Å². The average Bonchev–Trinajstić information content (AvgIpc) is 2.41. The third-order valence-corrected chi connectivity index (χ3v) is 3.29. The fourth-order valence-electron chi connectivity index (χ4n) is 2.30. The van der Waals surface area contributed by atoms with E-state index in [0.717, 1.165) is 25.2 Å². The van der Waals surface area contributed by atoms with Gasteiger partial charge in [0.1, 0.15) is 5.82 Å². The van der Waals surface area contributed by atoms with Crippen LogP contribution in [-0.2, 0) is 11.2 Å². The summed E-state index contributed by atoms with van der Waals surface area (Å²) in [6.45, 7) is 3.27. The van der Waals surface area contributed by atoms with Gasteiger partial charge in [-0.05, 0) is 25.1 Å². The van der Waals surface area contributed by atoms with Crippen molar-refractivity contribution in [2.45, 2.75) is 6.42 Å². The molecule has 98 valence electrons. The first-order valence-corrected chi connectivity index (χ1v) is 6.18. The van der Waals surface area contributed by atoms with Crippen LogP contribution >= 0.6 is 0 Å². The molecule has 1 aromatic carbocycles. The van der Waals surface area contributed by atoms with Crippen molar-refractivity contribution in [3.8, 4) is 0 Å². The Morgan fingerprint density at radius 1 is 1.28 bits per heavy atom. The van der Waals surface area contributed by atoms with Crippen LogP contribution in [0.5, 0.6) is 0 Å². The zero-order valence-corrected chi connectivity index (χ0v) is 10.3. The van der Waals surface area contributed by atoms with E-state index >= 15 is 0 Å². The number of benzene rings is 1. The van der Waals surface area contributed by atoms with E-state index in [9.17, 15) is 9.18 Å². The topological polar surface area (TPSA) is 49.6 Å². The molecule has 0 saturated carbocycles. The van der Waals surface area contributed by atoms with E-state index in [4.69, 9.17) is 5.73 Å². The number of amides is 1. The van der Waals surface area contributed by atoms with Gasteiger partial charge in [-0.3, -0.25) is 4.79 Å². The van der Waals surface area contributed by atoms with Gasteiger partial charge < -0.3 is 15.5 Å². The lowest BCUT2D eigenvalue weighted by molar-refractivity contribution is -0.118. The zero-order chi connectivity index (χ0) is 13.0. The van der Waals surface area contributed by atoms with Gasteiger partial charge >= 0.3 is 0 Å². The number of hydrogen-bond acceptors (Lipinski definition) is 3. The molecule has 18 heavy (non-hydrogen) atoms. The summed E-state index contributed by atoms with van der Waals surface area (Å²) in [5.41, 5.74) is 7.12. The van der Waals surface area contributed by atoms with Crippen molar-refractivity contribution in [3.63, 3.8) is 0 Å². The fraction of sp³-hybridized carbons (Fsp3) is 0.462. The third kappa shape index (κ3) is 2.61. The Hall–Kier alpha value is -1.62. The minimum absolute atomic E-state index is 0.198. The fourth-order valence-corrected chi connectivity index (χ4v) is 2.30. The molecule has 0 radical (unpaired) electrons. The second-order valence-corrected chi connectivity index (χ2v) is 4.40. The van der Waals surface area contributed by atoms with E-state index in [0.29, 0.717) is 31.6 Å². The standard InChI is InChI=1S/C13H18FN3O/c14-12-2-1-3-13(11(12)4-5-15)17-8-6-16(10-18)7-9-17/h1-3,10H,4-9,15H2. The Kier molecular flexibility index (Phi) is 4.15. The average molecular weight is 251 g/mol. The number of rotatable bonds is 4. The van der Waals surface area contributed by atoms with Crippen molar-refractivity contribution in [2.75, 3.05) is 37.6 Å². The summed E-state index contributed by atoms with van der Waals surface area (Å²) in [4.78, 5) is 14.5. The van der Waals surface area contributed by atoms with Gasteiger partial charge in [0.15, 0.2) is 0 Å². The molecule has 4 nitrogen and oxygen atoms in total. The Balaban J connectivity index is 2.18. The van der Waals surface area contributed by atoms with Gasteiger partial charge in [-0.1, -0.05) is 6.07 Å². The molecule has 0 aromatic heterocycles. The number of anilines is 1. The van der Waals surface area contributed by atoms with Crippen LogP contribution in [0.15, 0.2) is 18.2 Å². The molecular formula is C13H18FN3O. The minimum Gasteiger partial charge on any atom is -0.368 e. The third-order valence-electron chi connectivity index (χ3n) is 3.29. The van der Waals surface area contributed by atoms with Crippen molar-refractivity contribution >= 4 is 12.1 Å². The SMILES string of the molecule is NCCc1c(F)cccc1N1CCN(C=O)CC1. The number of carbonyl (C=O) groups excluding carboxylic acids is 1. The van der Waals surface area contributed by atoms with E-state index in [1.165, 1.54) is 6.07 Å². The molecular weight excluding hydrogens is 233 g/mol. The highest BCUT2D eigenvalue weighted by molar-refractivity contribution is 5.56. The van der Waals surface area contributed by atoms with Crippen molar-refractivity contribution in [2.24, 2.45) is 5.73 Å². The molecule has 0 atom stereocenters. The van der Waals surface area contributed by atoms with Crippen molar-refractivity contribution in [1.82, 2.24) is 4.90 Å². The highest BCUT2D eigenvalue weighted by Crippen LogP contribution is 2.24. The Morgan fingerprint density at radius 2 is 2.00 bits per heavy atom. The summed E-state index contributed by atoms with van der Waals surface area (Å²) < 4.78 is 13.8. The molecule has 1 fully saturated rings. The molecule has 0 bridgehead atoms. The highest BCUT2D eigenvalue weighted by Gasteiger charge is 2.19. The lowest BCUT2D eigenvalue weighted by Gasteiger charge is -2.35. The predicted octanol–water partition coefficient (Wildman–Crippen LogP) is 0.605. The first-order valence-electron chi connectivity index (χ1n) is 6.18. The second kappa shape index (κ2) is 5.82. The predicted molar refractivity (Wildman–Crippen MR) is 69.0 cm³/mol. The Morgan fingerprint density at radius 3 is 2.61 bits per heavy atom. The smallest absolute Gasteiger partial charge is 0.209 e. The second-order valence-electron chi connectivity index (χ2n) is 4.40. The highest BCUT2D eigenvalue weighted by atomic mass is 19.1. The molecule has 1 aromatic rings. The molecule has 1 amide bonds. The lowest BCUT2D eigenvalue weighted by Crippen LogP contribution is -2.46. The largest absolute Gasteiger partial charge is 0.368 e. The molecule has 5 heteroatoms. The van der Waals surface area contributed by atoms with Crippen molar-refractivity contribution in [3.05, 3.63) is 29.6 Å². The first kappa shape index (κ1) is 12.8. The van der Waals surface area contributed by atoms with Crippen LogP contribution in [0.4, 0.5) is 10.1 Å². The number of nitrogens with two attached hydrogens (primary N) is 1. The van der Waals surface area contributed by atoms with Gasteiger partial charge in [-0.25, -0.2) is 4.39 Å². The first-order chi connectivity index (χ1) is 8.76. The maximum atomic E-state index is 13.8. The van der Waals surface area contributed by atoms with E-state index in [1.807, 2.05) is 6.07 Å². The van der Waals surface area contributed by atoms with Crippen LogP contribution in [0.2, 0.25) is 0 Å². The quantitative estimate of drug-likeness (QED) is 0.797. The molecule has 1 saturated heterocycles. The summed E-state index contributed by atoms with van der Waals surface area (Å²) in [5, 5.41) is 0. The van der Waals surface area contributed by atoms with Crippen molar-refractivity contribution < 1.29 is 9.18 Å². The number of nitrogens with zero attached hydrogens (tertiary/aromatic N) is 2.